The lowest BCUT2D eigenvalue weighted by Gasteiger charge is -2.30. The Hall–Kier alpha value is -7.03. The highest BCUT2D eigenvalue weighted by Crippen LogP contribution is 2.36. The molecule has 4 N–H and O–H groups in total. The molecule has 2 aliphatic heterocycles. The number of nitrogens with one attached hydrogen (secondary N) is 4. The van der Waals surface area contributed by atoms with Gasteiger partial charge in [-0.25, -0.2) is 19.6 Å². The summed E-state index contributed by atoms with van der Waals surface area (Å²) in [5, 5.41) is 7.54. The molecule has 3 aromatic carbocycles. The number of carbonyl (C=O) groups is 4. The van der Waals surface area contributed by atoms with E-state index >= 15 is 0 Å². The summed E-state index contributed by atoms with van der Waals surface area (Å²) in [6.45, 7) is 4.93. The Morgan fingerprint density at radius 3 is 1.85 bits per heavy atom. The highest BCUT2D eigenvalue weighted by atomic mass is 16.5. The number of pyridine rings is 1. The van der Waals surface area contributed by atoms with Gasteiger partial charge in [0.2, 0.25) is 5.91 Å². The predicted octanol–water partition coefficient (Wildman–Crippen LogP) is 7.49. The van der Waals surface area contributed by atoms with Gasteiger partial charge in [-0.05, 0) is 71.7 Å². The fourth-order valence-electron chi connectivity index (χ4n) is 8.39. The Morgan fingerprint density at radius 2 is 1.23 bits per heavy atom. The van der Waals surface area contributed by atoms with Crippen molar-refractivity contribution in [3.63, 3.8) is 0 Å². The van der Waals surface area contributed by atoms with Gasteiger partial charge in [0.25, 0.3) is 5.91 Å². The molecule has 0 aliphatic carbocycles. The van der Waals surface area contributed by atoms with E-state index in [2.05, 4.69) is 62.0 Å². The molecule has 0 bridgehead atoms. The first-order valence-corrected chi connectivity index (χ1v) is 20.6. The molecule has 15 nitrogen and oxygen atoms in total. The molecule has 4 amide bonds. The number of alkyl carbamates (subject to hydrolysis) is 2. The monoisotopic (exact) mass is 823 g/mol. The summed E-state index contributed by atoms with van der Waals surface area (Å²) in [6.07, 6.45) is 7.25. The predicted molar refractivity (Wildman–Crippen MR) is 229 cm³/mol. The summed E-state index contributed by atoms with van der Waals surface area (Å²) >= 11 is 0. The third-order valence-corrected chi connectivity index (χ3v) is 11.6. The Morgan fingerprint density at radius 1 is 0.656 bits per heavy atom. The number of carbonyl (C=O) groups excluding carboxylic acids is 4. The van der Waals surface area contributed by atoms with Crippen LogP contribution in [0.4, 0.5) is 9.59 Å². The molecule has 5 heterocycles. The molecule has 4 atom stereocenters. The lowest BCUT2D eigenvalue weighted by Crippen LogP contribution is -2.51. The molecule has 6 aromatic rings. The quantitative estimate of drug-likeness (QED) is 0.103. The molecular formula is C46H49N9O6. The minimum atomic E-state index is -0.892. The minimum absolute atomic E-state index is 0.111. The fourth-order valence-corrected chi connectivity index (χ4v) is 8.39. The molecule has 4 unspecified atom stereocenters. The zero-order valence-corrected chi connectivity index (χ0v) is 34.6. The maximum absolute atomic E-state index is 13.9. The summed E-state index contributed by atoms with van der Waals surface area (Å²) in [5.41, 5.74) is 5.95. The molecule has 3 aromatic heterocycles. The van der Waals surface area contributed by atoms with Crippen LogP contribution in [-0.2, 0) is 19.1 Å². The molecule has 0 spiro atoms. The highest BCUT2D eigenvalue weighted by molar-refractivity contribution is 5.91. The molecule has 0 saturated carbocycles. The van der Waals surface area contributed by atoms with Crippen molar-refractivity contribution in [2.45, 2.75) is 63.7 Å². The van der Waals surface area contributed by atoms with Crippen molar-refractivity contribution in [3.05, 3.63) is 115 Å². The third-order valence-electron chi connectivity index (χ3n) is 11.6. The molecule has 15 heteroatoms. The zero-order chi connectivity index (χ0) is 42.6. The largest absolute Gasteiger partial charge is 0.453 e. The first kappa shape index (κ1) is 40.7. The van der Waals surface area contributed by atoms with Gasteiger partial charge in [0.05, 0.1) is 55.8 Å². The number of ether oxygens (including phenoxy) is 2. The number of rotatable bonds is 11. The maximum Gasteiger partial charge on any atom is 0.407 e. The van der Waals surface area contributed by atoms with Crippen LogP contribution in [0.1, 0.15) is 74.9 Å². The van der Waals surface area contributed by atoms with E-state index in [1.54, 1.807) is 11.1 Å². The summed E-state index contributed by atoms with van der Waals surface area (Å²) in [5.74, 6) is 0.901. The first-order chi connectivity index (χ1) is 29.6. The van der Waals surface area contributed by atoms with Gasteiger partial charge in [-0.1, -0.05) is 74.5 Å². The smallest absolute Gasteiger partial charge is 0.407 e. The summed E-state index contributed by atoms with van der Waals surface area (Å²) in [4.78, 5) is 76.3. The van der Waals surface area contributed by atoms with E-state index in [-0.39, 0.29) is 29.8 Å². The molecule has 0 radical (unpaired) electrons. The van der Waals surface area contributed by atoms with Gasteiger partial charge in [-0.15, -0.1) is 0 Å². The number of fused-ring (bicyclic) bond motifs is 1. The Kier molecular flexibility index (Phi) is 11.8. The van der Waals surface area contributed by atoms with E-state index in [0.29, 0.717) is 24.5 Å². The zero-order valence-electron chi connectivity index (χ0n) is 34.6. The second-order valence-electron chi connectivity index (χ2n) is 15.8. The van der Waals surface area contributed by atoms with Crippen molar-refractivity contribution >= 4 is 34.8 Å². The standard InChI is InChI=1S/C46H49N9O6/c1-27(2)39(52-45(58)60-3)43(56)54-20-8-12-37(54)41-48-25-35(50-41)32-17-16-29-22-31(15-14-30(29)23-32)33-18-19-34(47-24-33)36-26-49-42(51-36)38-13-9-21-55(38)44(57)40(53-46(59)61-4)28-10-6-5-7-11-28/h5-7,10-11,14-19,22-27,37-40H,8-9,12-13,20-21H2,1-4H3,(H,48,50)(H,49,51)(H,52,58)(H,53,59). The normalized spacial score (nSPS) is 17.3. The lowest BCUT2D eigenvalue weighted by molar-refractivity contribution is -0.135. The molecule has 2 fully saturated rings. The van der Waals surface area contributed by atoms with E-state index in [9.17, 15) is 19.2 Å². The summed E-state index contributed by atoms with van der Waals surface area (Å²) in [7, 11) is 2.57. The van der Waals surface area contributed by atoms with Gasteiger partial charge in [0.15, 0.2) is 0 Å². The van der Waals surface area contributed by atoms with Gasteiger partial charge in [-0.2, -0.15) is 0 Å². The molecule has 8 rings (SSSR count). The number of hydrogen-bond acceptors (Lipinski definition) is 9. The number of H-pyrrole nitrogens is 2. The summed E-state index contributed by atoms with van der Waals surface area (Å²) in [6, 6.07) is 23.6. The minimum Gasteiger partial charge on any atom is -0.453 e. The third kappa shape index (κ3) is 8.54. The van der Waals surface area contributed by atoms with Crippen LogP contribution in [0.2, 0.25) is 0 Å². The second kappa shape index (κ2) is 17.7. The highest BCUT2D eigenvalue weighted by Gasteiger charge is 2.39. The van der Waals surface area contributed by atoms with E-state index in [1.165, 1.54) is 14.2 Å². The Labute approximate surface area is 353 Å². The van der Waals surface area contributed by atoms with Crippen LogP contribution in [0, 0.1) is 5.92 Å². The van der Waals surface area contributed by atoms with Crippen molar-refractivity contribution in [1.29, 1.82) is 0 Å². The van der Waals surface area contributed by atoms with Crippen LogP contribution < -0.4 is 10.6 Å². The van der Waals surface area contributed by atoms with Gasteiger partial charge < -0.3 is 39.9 Å². The SMILES string of the molecule is COC(=O)NC(C(=O)N1CCCC1c1ncc(-c2ccc(-c3ccc4cc(-c5cnc(C6CCCN6C(=O)C(NC(=O)OC)C(C)C)[nH]5)ccc4c3)cn2)[nH]1)c1ccccc1. The number of aromatic nitrogens is 5. The number of hydrogen-bond donors (Lipinski definition) is 4. The van der Waals surface area contributed by atoms with Gasteiger partial charge in [0, 0.05) is 30.4 Å². The van der Waals surface area contributed by atoms with Crippen LogP contribution in [0.3, 0.4) is 0 Å². The van der Waals surface area contributed by atoms with Crippen LogP contribution >= 0.6 is 0 Å². The molecule has 61 heavy (non-hydrogen) atoms. The fraction of sp³-hybridized carbons (Fsp3) is 0.326. The second-order valence-corrected chi connectivity index (χ2v) is 15.8. The van der Waals surface area contributed by atoms with E-state index in [1.807, 2.05) is 73.6 Å². The molecule has 314 valence electrons. The molecule has 2 aliphatic rings. The van der Waals surface area contributed by atoms with E-state index in [4.69, 9.17) is 19.4 Å². The average molecular weight is 824 g/mol. The van der Waals surface area contributed by atoms with Gasteiger partial charge in [-0.3, -0.25) is 14.6 Å². The number of amides is 4. The first-order valence-electron chi connectivity index (χ1n) is 20.6. The van der Waals surface area contributed by atoms with Crippen LogP contribution in [0.25, 0.3) is 44.5 Å². The van der Waals surface area contributed by atoms with Gasteiger partial charge >= 0.3 is 12.2 Å². The lowest BCUT2D eigenvalue weighted by atomic mass is 10.00. The van der Waals surface area contributed by atoms with Crippen molar-refractivity contribution in [2.24, 2.45) is 5.92 Å². The van der Waals surface area contributed by atoms with E-state index in [0.717, 1.165) is 76.1 Å². The number of nitrogens with zero attached hydrogens (tertiary/aromatic N) is 5. The van der Waals surface area contributed by atoms with Gasteiger partial charge in [0.1, 0.15) is 23.7 Å². The van der Waals surface area contributed by atoms with Crippen molar-refractivity contribution < 1.29 is 28.7 Å². The van der Waals surface area contributed by atoms with Crippen molar-refractivity contribution in [3.8, 4) is 33.8 Å². The molecular weight excluding hydrogens is 775 g/mol. The topological polar surface area (TPSA) is 188 Å². The number of methoxy groups -OCH3 is 2. The van der Waals surface area contributed by atoms with Crippen LogP contribution in [0.5, 0.6) is 0 Å². The Bertz CT molecular complexity index is 2540. The van der Waals surface area contributed by atoms with Crippen molar-refractivity contribution in [2.75, 3.05) is 27.3 Å². The summed E-state index contributed by atoms with van der Waals surface area (Å²) < 4.78 is 9.59. The maximum atomic E-state index is 13.9. The number of aromatic amines is 2. The Balaban J connectivity index is 0.942. The van der Waals surface area contributed by atoms with E-state index < -0.39 is 24.3 Å². The molecule has 2 saturated heterocycles. The van der Waals surface area contributed by atoms with Crippen LogP contribution in [0.15, 0.2) is 97.5 Å². The number of imidazole rings is 2. The van der Waals surface area contributed by atoms with Crippen molar-refractivity contribution in [1.82, 2.24) is 45.4 Å². The number of likely N-dealkylation sites (tertiary alicyclic amines) is 2. The average Bonchev–Trinajstić information content (AvgIpc) is 4.14. The van der Waals surface area contributed by atoms with Crippen LogP contribution in [-0.4, -0.2) is 92.1 Å². The number of benzene rings is 3.